The minimum atomic E-state index is 0.728. The third-order valence-electron chi connectivity index (χ3n) is 2.80. The Bertz CT molecular complexity index is 249. The second-order valence-corrected chi connectivity index (χ2v) is 5.29. The Kier molecular flexibility index (Phi) is 5.19. The predicted molar refractivity (Wildman–Crippen MR) is 64.8 cm³/mol. The number of hydrogen-bond donors (Lipinski definition) is 1. The zero-order valence-electron chi connectivity index (χ0n) is 10.0. The molecule has 0 atom stereocenters. The fourth-order valence-corrected chi connectivity index (χ4v) is 2.32. The van der Waals surface area contributed by atoms with Gasteiger partial charge in [-0.3, -0.25) is 0 Å². The molecule has 0 aliphatic carbocycles. The second kappa shape index (κ2) is 6.18. The van der Waals surface area contributed by atoms with E-state index in [0.717, 1.165) is 36.5 Å². The molecule has 0 saturated carbocycles. The Morgan fingerprint density at radius 1 is 1.27 bits per heavy atom. The lowest BCUT2D eigenvalue weighted by Crippen LogP contribution is -2.29. The van der Waals surface area contributed by atoms with E-state index in [1.165, 1.54) is 11.5 Å². The molecule has 1 heterocycles. The van der Waals surface area contributed by atoms with Crippen molar-refractivity contribution in [3.63, 3.8) is 0 Å². The second-order valence-electron chi connectivity index (χ2n) is 4.68. The van der Waals surface area contributed by atoms with Gasteiger partial charge in [0.1, 0.15) is 0 Å². The molecule has 0 bridgehead atoms. The first-order chi connectivity index (χ1) is 7.11. The third kappa shape index (κ3) is 4.26. The molecule has 0 saturated heterocycles. The van der Waals surface area contributed by atoms with Crippen molar-refractivity contribution in [2.45, 2.75) is 34.2 Å². The first kappa shape index (κ1) is 12.6. The van der Waals surface area contributed by atoms with Gasteiger partial charge in [0.15, 0.2) is 0 Å². The monoisotopic (exact) mass is 227 g/mol. The molecule has 0 amide bonds. The SMILES string of the molecule is CC(C)C(CNCc1csnn1)C(C)C. The summed E-state index contributed by atoms with van der Waals surface area (Å²) < 4.78 is 3.84. The van der Waals surface area contributed by atoms with Crippen LogP contribution in [0.2, 0.25) is 0 Å². The molecule has 1 aromatic heterocycles. The van der Waals surface area contributed by atoms with E-state index in [0.29, 0.717) is 0 Å². The van der Waals surface area contributed by atoms with Gasteiger partial charge < -0.3 is 5.32 Å². The van der Waals surface area contributed by atoms with Crippen LogP contribution >= 0.6 is 11.5 Å². The molecule has 1 rings (SSSR count). The first-order valence-electron chi connectivity index (χ1n) is 5.58. The summed E-state index contributed by atoms with van der Waals surface area (Å²) in [6, 6.07) is 0. The van der Waals surface area contributed by atoms with Crippen LogP contribution in [0.5, 0.6) is 0 Å². The average Bonchev–Trinajstić information content (AvgIpc) is 2.63. The highest BCUT2D eigenvalue weighted by Crippen LogP contribution is 2.19. The van der Waals surface area contributed by atoms with Gasteiger partial charge in [-0.25, -0.2) is 0 Å². The fourth-order valence-electron chi connectivity index (χ4n) is 1.87. The number of hydrogen-bond acceptors (Lipinski definition) is 4. The van der Waals surface area contributed by atoms with Crippen molar-refractivity contribution >= 4 is 11.5 Å². The van der Waals surface area contributed by atoms with Gasteiger partial charge in [0.05, 0.1) is 5.69 Å². The lowest BCUT2D eigenvalue weighted by atomic mass is 9.85. The van der Waals surface area contributed by atoms with Crippen LogP contribution in [0.25, 0.3) is 0 Å². The lowest BCUT2D eigenvalue weighted by molar-refractivity contribution is 0.275. The molecular formula is C11H21N3S. The van der Waals surface area contributed by atoms with E-state index in [4.69, 9.17) is 0 Å². The molecule has 0 radical (unpaired) electrons. The molecule has 1 N–H and O–H groups in total. The average molecular weight is 227 g/mol. The Labute approximate surface area is 96.5 Å². The Balaban J connectivity index is 2.28. The van der Waals surface area contributed by atoms with Crippen LogP contribution < -0.4 is 5.32 Å². The van der Waals surface area contributed by atoms with Gasteiger partial charge in [0.25, 0.3) is 0 Å². The number of rotatable bonds is 6. The molecular weight excluding hydrogens is 206 g/mol. The van der Waals surface area contributed by atoms with Crippen molar-refractivity contribution in [1.29, 1.82) is 0 Å². The van der Waals surface area contributed by atoms with E-state index in [1.54, 1.807) is 0 Å². The number of nitrogens with one attached hydrogen (secondary N) is 1. The van der Waals surface area contributed by atoms with E-state index >= 15 is 0 Å². The standard InChI is InChI=1S/C11H21N3S/c1-8(2)11(9(3)4)6-12-5-10-7-15-14-13-10/h7-9,11-12H,5-6H2,1-4H3. The van der Waals surface area contributed by atoms with E-state index in [-0.39, 0.29) is 0 Å². The minimum Gasteiger partial charge on any atom is -0.311 e. The third-order valence-corrected chi connectivity index (χ3v) is 3.36. The van der Waals surface area contributed by atoms with Crippen molar-refractivity contribution in [3.05, 3.63) is 11.1 Å². The summed E-state index contributed by atoms with van der Waals surface area (Å²) in [5.41, 5.74) is 1.05. The van der Waals surface area contributed by atoms with Crippen LogP contribution in [0.3, 0.4) is 0 Å². The molecule has 0 aliphatic heterocycles. The van der Waals surface area contributed by atoms with Gasteiger partial charge in [0, 0.05) is 11.9 Å². The highest BCUT2D eigenvalue weighted by Gasteiger charge is 2.16. The summed E-state index contributed by atoms with van der Waals surface area (Å²) in [5, 5.41) is 9.46. The predicted octanol–water partition coefficient (Wildman–Crippen LogP) is 2.56. The zero-order chi connectivity index (χ0) is 11.3. The van der Waals surface area contributed by atoms with Gasteiger partial charge in [0.2, 0.25) is 0 Å². The van der Waals surface area contributed by atoms with E-state index in [2.05, 4.69) is 42.6 Å². The maximum atomic E-state index is 4.01. The summed E-state index contributed by atoms with van der Waals surface area (Å²) in [4.78, 5) is 0. The van der Waals surface area contributed by atoms with Crippen molar-refractivity contribution in [3.8, 4) is 0 Å². The van der Waals surface area contributed by atoms with Gasteiger partial charge >= 0.3 is 0 Å². The Morgan fingerprint density at radius 3 is 2.40 bits per heavy atom. The fraction of sp³-hybridized carbons (Fsp3) is 0.818. The van der Waals surface area contributed by atoms with Crippen LogP contribution in [0, 0.1) is 17.8 Å². The van der Waals surface area contributed by atoms with Gasteiger partial charge in [-0.05, 0) is 35.8 Å². The van der Waals surface area contributed by atoms with Crippen LogP contribution in [0.1, 0.15) is 33.4 Å². The summed E-state index contributed by atoms with van der Waals surface area (Å²) in [5.74, 6) is 2.19. The van der Waals surface area contributed by atoms with Gasteiger partial charge in [-0.2, -0.15) is 0 Å². The number of aromatic nitrogens is 2. The maximum Gasteiger partial charge on any atom is 0.0893 e. The highest BCUT2D eigenvalue weighted by atomic mass is 32.1. The van der Waals surface area contributed by atoms with Crippen molar-refractivity contribution in [1.82, 2.24) is 14.9 Å². The van der Waals surface area contributed by atoms with E-state index < -0.39 is 0 Å². The highest BCUT2D eigenvalue weighted by molar-refractivity contribution is 7.03. The van der Waals surface area contributed by atoms with Crippen molar-refractivity contribution < 1.29 is 0 Å². The molecule has 0 unspecified atom stereocenters. The smallest absolute Gasteiger partial charge is 0.0893 e. The van der Waals surface area contributed by atoms with Crippen LogP contribution in [-0.4, -0.2) is 16.1 Å². The number of nitrogens with zero attached hydrogens (tertiary/aromatic N) is 2. The van der Waals surface area contributed by atoms with Crippen molar-refractivity contribution in [2.24, 2.45) is 17.8 Å². The molecule has 0 aromatic carbocycles. The Morgan fingerprint density at radius 2 is 1.93 bits per heavy atom. The summed E-state index contributed by atoms with van der Waals surface area (Å²) in [7, 11) is 0. The largest absolute Gasteiger partial charge is 0.311 e. The molecule has 1 aromatic rings. The first-order valence-corrected chi connectivity index (χ1v) is 6.41. The topological polar surface area (TPSA) is 37.8 Å². The molecule has 15 heavy (non-hydrogen) atoms. The minimum absolute atomic E-state index is 0.728. The van der Waals surface area contributed by atoms with Gasteiger partial charge in [-0.15, -0.1) is 5.10 Å². The summed E-state index contributed by atoms with van der Waals surface area (Å²) >= 11 is 1.41. The normalized spacial score (nSPS) is 11.9. The van der Waals surface area contributed by atoms with Crippen LogP contribution in [0.4, 0.5) is 0 Å². The molecule has 0 fully saturated rings. The molecule has 0 spiro atoms. The zero-order valence-corrected chi connectivity index (χ0v) is 10.8. The molecule has 4 heteroatoms. The molecule has 3 nitrogen and oxygen atoms in total. The van der Waals surface area contributed by atoms with E-state index in [1.807, 2.05) is 5.38 Å². The maximum absolute atomic E-state index is 4.01. The van der Waals surface area contributed by atoms with E-state index in [9.17, 15) is 0 Å². The summed E-state index contributed by atoms with van der Waals surface area (Å²) in [6.45, 7) is 11.1. The molecule has 86 valence electrons. The van der Waals surface area contributed by atoms with Crippen LogP contribution in [0.15, 0.2) is 5.38 Å². The quantitative estimate of drug-likeness (QED) is 0.811. The van der Waals surface area contributed by atoms with Crippen LogP contribution in [-0.2, 0) is 6.54 Å². The lowest BCUT2D eigenvalue weighted by Gasteiger charge is -2.24. The Hall–Kier alpha value is -0.480. The molecule has 0 aliphatic rings. The van der Waals surface area contributed by atoms with Gasteiger partial charge in [-0.1, -0.05) is 32.2 Å². The summed E-state index contributed by atoms with van der Waals surface area (Å²) in [6.07, 6.45) is 0. The van der Waals surface area contributed by atoms with Crippen molar-refractivity contribution in [2.75, 3.05) is 6.54 Å².